The number of hydrogen-bond acceptors (Lipinski definition) is 3. The lowest BCUT2D eigenvalue weighted by Crippen LogP contribution is -1.78. The molecule has 0 amide bonds. The van der Waals surface area contributed by atoms with Gasteiger partial charge < -0.3 is 0 Å². The Bertz CT molecular complexity index is 316. The van der Waals surface area contributed by atoms with Gasteiger partial charge in [-0.25, -0.2) is 0 Å². The zero-order valence-electron chi connectivity index (χ0n) is 9.73. The molecule has 0 fully saturated rings. The Kier molecular flexibility index (Phi) is 7.86. The Morgan fingerprint density at radius 2 is 1.53 bits per heavy atom. The van der Waals surface area contributed by atoms with Crippen LogP contribution in [0, 0.1) is 0 Å². The summed E-state index contributed by atoms with van der Waals surface area (Å²) < 4.78 is 0. The van der Waals surface area contributed by atoms with E-state index in [-0.39, 0.29) is 0 Å². The van der Waals surface area contributed by atoms with Crippen molar-refractivity contribution in [3.05, 3.63) is 30.3 Å². The number of aromatic nitrogens is 4. The van der Waals surface area contributed by atoms with E-state index in [0.29, 0.717) is 5.82 Å². The highest BCUT2D eigenvalue weighted by Crippen LogP contribution is 2.10. The average molecular weight is 206 g/mol. The van der Waals surface area contributed by atoms with Crippen LogP contribution in [0.2, 0.25) is 0 Å². The Labute approximate surface area is 90.7 Å². The number of benzene rings is 1. The van der Waals surface area contributed by atoms with Gasteiger partial charge in [0.1, 0.15) is 0 Å². The van der Waals surface area contributed by atoms with E-state index in [1.165, 1.54) is 0 Å². The lowest BCUT2D eigenvalue weighted by molar-refractivity contribution is 0.881. The molecule has 0 saturated carbocycles. The standard InChI is InChI=1S/C7H6N4.2C2H6/c1-2-4-6(5-3-1)7-8-10-11-9-7;2*1-2/h1-5H,(H,8,9,10,11);2*1-2H3. The molecule has 0 radical (unpaired) electrons. The minimum absolute atomic E-state index is 0.630. The summed E-state index contributed by atoms with van der Waals surface area (Å²) in [6.07, 6.45) is 0. The summed E-state index contributed by atoms with van der Waals surface area (Å²) in [5.41, 5.74) is 0.973. The molecule has 0 bridgehead atoms. The van der Waals surface area contributed by atoms with Crippen molar-refractivity contribution in [2.45, 2.75) is 27.7 Å². The van der Waals surface area contributed by atoms with Crippen molar-refractivity contribution in [3.63, 3.8) is 0 Å². The fourth-order valence-corrected chi connectivity index (χ4v) is 0.871. The highest BCUT2D eigenvalue weighted by atomic mass is 15.5. The third-order valence-corrected chi connectivity index (χ3v) is 1.38. The summed E-state index contributed by atoms with van der Waals surface area (Å²) in [4.78, 5) is 0. The summed E-state index contributed by atoms with van der Waals surface area (Å²) in [7, 11) is 0. The predicted octanol–water partition coefficient (Wildman–Crippen LogP) is 2.92. The van der Waals surface area contributed by atoms with Crippen LogP contribution in [0.25, 0.3) is 11.4 Å². The lowest BCUT2D eigenvalue weighted by atomic mass is 10.2. The number of rotatable bonds is 1. The van der Waals surface area contributed by atoms with Gasteiger partial charge in [-0.1, -0.05) is 58.0 Å². The van der Waals surface area contributed by atoms with Crippen molar-refractivity contribution >= 4 is 0 Å². The molecule has 2 rings (SSSR count). The second-order valence-corrected chi connectivity index (χ2v) is 2.10. The first-order valence-electron chi connectivity index (χ1n) is 5.26. The molecule has 1 aromatic heterocycles. The quantitative estimate of drug-likeness (QED) is 0.780. The third-order valence-electron chi connectivity index (χ3n) is 1.38. The van der Waals surface area contributed by atoms with Crippen LogP contribution in [-0.2, 0) is 0 Å². The largest absolute Gasteiger partial charge is 0.204 e. The van der Waals surface area contributed by atoms with Crippen LogP contribution in [0.5, 0.6) is 0 Å². The zero-order valence-corrected chi connectivity index (χ0v) is 9.73. The van der Waals surface area contributed by atoms with E-state index < -0.39 is 0 Å². The maximum atomic E-state index is 3.84. The maximum Gasteiger partial charge on any atom is 0.204 e. The third kappa shape index (κ3) is 4.35. The molecule has 0 aliphatic rings. The van der Waals surface area contributed by atoms with Crippen molar-refractivity contribution in [2.75, 3.05) is 0 Å². The van der Waals surface area contributed by atoms with Crippen LogP contribution < -0.4 is 0 Å². The van der Waals surface area contributed by atoms with E-state index in [2.05, 4.69) is 20.6 Å². The van der Waals surface area contributed by atoms with Crippen LogP contribution in [-0.4, -0.2) is 20.6 Å². The number of nitrogens with zero attached hydrogens (tertiary/aromatic N) is 3. The minimum Gasteiger partial charge on any atom is -0.177 e. The summed E-state index contributed by atoms with van der Waals surface area (Å²) in [5, 5.41) is 13.5. The smallest absolute Gasteiger partial charge is 0.177 e. The van der Waals surface area contributed by atoms with Crippen LogP contribution in [0.4, 0.5) is 0 Å². The van der Waals surface area contributed by atoms with E-state index in [0.717, 1.165) is 5.56 Å². The van der Waals surface area contributed by atoms with Crippen molar-refractivity contribution in [1.82, 2.24) is 20.6 Å². The predicted molar refractivity (Wildman–Crippen MR) is 62.3 cm³/mol. The van der Waals surface area contributed by atoms with Crippen LogP contribution in [0.1, 0.15) is 27.7 Å². The second kappa shape index (κ2) is 8.87. The number of aromatic amines is 1. The molecule has 0 unspecified atom stereocenters. The molecular weight excluding hydrogens is 188 g/mol. The van der Waals surface area contributed by atoms with Gasteiger partial charge in [-0.05, 0) is 5.21 Å². The van der Waals surface area contributed by atoms with Gasteiger partial charge in [0.2, 0.25) is 5.82 Å². The first kappa shape index (κ1) is 13.3. The molecule has 0 aliphatic heterocycles. The minimum atomic E-state index is 0.630. The van der Waals surface area contributed by atoms with Gasteiger partial charge in [0.25, 0.3) is 0 Å². The summed E-state index contributed by atoms with van der Waals surface area (Å²) in [6, 6.07) is 9.69. The molecule has 4 nitrogen and oxygen atoms in total. The molecule has 1 aromatic carbocycles. The Balaban J connectivity index is 0.000000442. The lowest BCUT2D eigenvalue weighted by Gasteiger charge is -1.89. The molecule has 15 heavy (non-hydrogen) atoms. The van der Waals surface area contributed by atoms with E-state index in [9.17, 15) is 0 Å². The molecular formula is C11H18N4. The topological polar surface area (TPSA) is 54.5 Å². The van der Waals surface area contributed by atoms with Gasteiger partial charge in [-0.15, -0.1) is 10.2 Å². The highest BCUT2D eigenvalue weighted by Gasteiger charge is 1.98. The molecule has 82 valence electrons. The SMILES string of the molecule is CC.CC.c1ccc(-c2nn[nH]n2)cc1. The van der Waals surface area contributed by atoms with Crippen molar-refractivity contribution < 1.29 is 0 Å². The summed E-state index contributed by atoms with van der Waals surface area (Å²) in [5.74, 6) is 0.630. The molecule has 1 N–H and O–H groups in total. The highest BCUT2D eigenvalue weighted by molar-refractivity contribution is 5.52. The van der Waals surface area contributed by atoms with Gasteiger partial charge in [0, 0.05) is 5.56 Å². The molecule has 0 aliphatic carbocycles. The van der Waals surface area contributed by atoms with E-state index in [1.807, 2.05) is 58.0 Å². The van der Waals surface area contributed by atoms with E-state index in [1.54, 1.807) is 0 Å². The summed E-state index contributed by atoms with van der Waals surface area (Å²) >= 11 is 0. The van der Waals surface area contributed by atoms with E-state index >= 15 is 0 Å². The fraction of sp³-hybridized carbons (Fsp3) is 0.364. The maximum absolute atomic E-state index is 3.84. The first-order valence-corrected chi connectivity index (χ1v) is 5.26. The molecule has 4 heteroatoms. The van der Waals surface area contributed by atoms with Gasteiger partial charge in [0.05, 0.1) is 0 Å². The average Bonchev–Trinajstić information content (AvgIpc) is 2.89. The summed E-state index contributed by atoms with van der Waals surface area (Å²) in [6.45, 7) is 8.00. The molecule has 1 heterocycles. The van der Waals surface area contributed by atoms with Crippen molar-refractivity contribution in [1.29, 1.82) is 0 Å². The van der Waals surface area contributed by atoms with Crippen LogP contribution in [0.15, 0.2) is 30.3 Å². The van der Waals surface area contributed by atoms with Crippen LogP contribution in [0.3, 0.4) is 0 Å². The number of H-pyrrole nitrogens is 1. The van der Waals surface area contributed by atoms with Gasteiger partial charge >= 0.3 is 0 Å². The fourth-order valence-electron chi connectivity index (χ4n) is 0.871. The molecule has 2 aromatic rings. The number of tetrazole rings is 1. The Morgan fingerprint density at radius 3 is 2.00 bits per heavy atom. The number of nitrogens with one attached hydrogen (secondary N) is 1. The van der Waals surface area contributed by atoms with Crippen LogP contribution >= 0.6 is 0 Å². The van der Waals surface area contributed by atoms with Gasteiger partial charge in [-0.3, -0.25) is 0 Å². The normalized spacial score (nSPS) is 8.00. The van der Waals surface area contributed by atoms with E-state index in [4.69, 9.17) is 0 Å². The molecule has 0 atom stereocenters. The second-order valence-electron chi connectivity index (χ2n) is 2.10. The van der Waals surface area contributed by atoms with Gasteiger partial charge in [0.15, 0.2) is 0 Å². The van der Waals surface area contributed by atoms with Gasteiger partial charge in [-0.2, -0.15) is 5.21 Å². The van der Waals surface area contributed by atoms with Crippen molar-refractivity contribution in [2.24, 2.45) is 0 Å². The number of hydrogen-bond donors (Lipinski definition) is 1. The zero-order chi connectivity index (χ0) is 11.5. The van der Waals surface area contributed by atoms with Crippen molar-refractivity contribution in [3.8, 4) is 11.4 Å². The molecule has 0 saturated heterocycles. The Hall–Kier alpha value is -1.71. The molecule has 0 spiro atoms. The monoisotopic (exact) mass is 206 g/mol. The first-order chi connectivity index (χ1) is 7.47. The Morgan fingerprint density at radius 1 is 0.933 bits per heavy atom.